The fourth-order valence-corrected chi connectivity index (χ4v) is 2.26. The van der Waals surface area contributed by atoms with E-state index < -0.39 is 11.0 Å². The lowest BCUT2D eigenvalue weighted by Gasteiger charge is -2.28. The number of nitrogens with zero attached hydrogens (tertiary/aromatic N) is 2. The molecule has 1 heterocycles. The average molecular weight is 295 g/mol. The first kappa shape index (κ1) is 15.8. The Hall–Kier alpha value is -1.54. The van der Waals surface area contributed by atoms with Gasteiger partial charge in [0.25, 0.3) is 5.69 Å². The van der Waals surface area contributed by atoms with Crippen LogP contribution >= 0.6 is 0 Å². The summed E-state index contributed by atoms with van der Waals surface area (Å²) in [6.07, 6.45) is -0.429. The van der Waals surface area contributed by atoms with Gasteiger partial charge in [0.2, 0.25) is 0 Å². The third-order valence-electron chi connectivity index (χ3n) is 3.43. The Morgan fingerprint density at radius 1 is 1.33 bits per heavy atom. The van der Waals surface area contributed by atoms with Gasteiger partial charge in [0.15, 0.2) is 0 Å². The van der Waals surface area contributed by atoms with Crippen LogP contribution in [0.3, 0.4) is 0 Å². The highest BCUT2D eigenvalue weighted by atomic mass is 16.6. The van der Waals surface area contributed by atoms with Gasteiger partial charge in [-0.25, -0.2) is 0 Å². The van der Waals surface area contributed by atoms with E-state index in [9.17, 15) is 15.2 Å². The number of nitro groups is 1. The summed E-state index contributed by atoms with van der Waals surface area (Å²) in [6, 6.07) is 6.42. The van der Waals surface area contributed by atoms with E-state index in [0.717, 1.165) is 31.9 Å². The SMILES string of the molecule is O=[N+]([O-])c1ccc(CNCC(O)CN2CCOCC2)cc1. The Kier molecular flexibility index (Phi) is 6.06. The van der Waals surface area contributed by atoms with E-state index in [1.165, 1.54) is 12.1 Å². The van der Waals surface area contributed by atoms with Crippen LogP contribution in [0.15, 0.2) is 24.3 Å². The normalized spacial score (nSPS) is 17.6. The summed E-state index contributed by atoms with van der Waals surface area (Å²) in [6.45, 7) is 4.88. The smallest absolute Gasteiger partial charge is 0.269 e. The molecule has 2 N–H and O–H groups in total. The molecule has 1 saturated heterocycles. The van der Waals surface area contributed by atoms with Crippen LogP contribution in [0, 0.1) is 10.1 Å². The minimum absolute atomic E-state index is 0.0890. The van der Waals surface area contributed by atoms with Gasteiger partial charge in [-0.2, -0.15) is 0 Å². The molecule has 2 rings (SSSR count). The van der Waals surface area contributed by atoms with Crippen molar-refractivity contribution >= 4 is 5.69 Å². The van der Waals surface area contributed by atoms with Crippen molar-refractivity contribution in [3.05, 3.63) is 39.9 Å². The second kappa shape index (κ2) is 8.04. The second-order valence-corrected chi connectivity index (χ2v) is 5.12. The zero-order valence-corrected chi connectivity index (χ0v) is 11.9. The van der Waals surface area contributed by atoms with Gasteiger partial charge in [-0.05, 0) is 5.56 Å². The van der Waals surface area contributed by atoms with Crippen LogP contribution in [0.2, 0.25) is 0 Å². The van der Waals surface area contributed by atoms with Crippen molar-refractivity contribution in [1.82, 2.24) is 10.2 Å². The number of nitro benzene ring substituents is 1. The van der Waals surface area contributed by atoms with Crippen LogP contribution in [-0.2, 0) is 11.3 Å². The fourth-order valence-electron chi connectivity index (χ4n) is 2.26. The van der Waals surface area contributed by atoms with Crippen LogP contribution in [0.5, 0.6) is 0 Å². The molecule has 1 atom stereocenters. The van der Waals surface area contributed by atoms with E-state index in [-0.39, 0.29) is 5.69 Å². The largest absolute Gasteiger partial charge is 0.390 e. The molecule has 1 aliphatic rings. The van der Waals surface area contributed by atoms with Gasteiger partial charge in [-0.15, -0.1) is 0 Å². The van der Waals surface area contributed by atoms with E-state index in [2.05, 4.69) is 10.2 Å². The molecule has 0 radical (unpaired) electrons. The van der Waals surface area contributed by atoms with E-state index in [4.69, 9.17) is 4.74 Å². The summed E-state index contributed by atoms with van der Waals surface area (Å²) in [5, 5.41) is 23.7. The van der Waals surface area contributed by atoms with E-state index in [0.29, 0.717) is 19.6 Å². The van der Waals surface area contributed by atoms with Crippen LogP contribution in [0.4, 0.5) is 5.69 Å². The molecule has 0 saturated carbocycles. The van der Waals surface area contributed by atoms with Gasteiger partial charge in [0, 0.05) is 44.9 Å². The molecule has 0 aliphatic carbocycles. The lowest BCUT2D eigenvalue weighted by atomic mass is 10.2. The third-order valence-corrected chi connectivity index (χ3v) is 3.43. The number of aliphatic hydroxyl groups excluding tert-OH is 1. The molecule has 0 bridgehead atoms. The van der Waals surface area contributed by atoms with Crippen molar-refractivity contribution in [3.63, 3.8) is 0 Å². The number of nitrogens with one attached hydrogen (secondary N) is 1. The number of ether oxygens (including phenoxy) is 1. The molecule has 1 fully saturated rings. The first-order chi connectivity index (χ1) is 10.1. The molecular formula is C14H21N3O4. The Morgan fingerprint density at radius 2 is 2.00 bits per heavy atom. The molecule has 7 nitrogen and oxygen atoms in total. The van der Waals surface area contributed by atoms with Gasteiger partial charge in [-0.1, -0.05) is 12.1 Å². The maximum absolute atomic E-state index is 10.5. The van der Waals surface area contributed by atoms with Crippen LogP contribution in [-0.4, -0.2) is 60.4 Å². The number of benzene rings is 1. The molecule has 1 aliphatic heterocycles. The van der Waals surface area contributed by atoms with E-state index in [1.54, 1.807) is 12.1 Å². The van der Waals surface area contributed by atoms with Gasteiger partial charge in [0.05, 0.1) is 24.2 Å². The molecule has 0 spiro atoms. The number of hydrogen-bond acceptors (Lipinski definition) is 6. The summed E-state index contributed by atoms with van der Waals surface area (Å²) in [5.41, 5.74) is 1.05. The van der Waals surface area contributed by atoms with E-state index >= 15 is 0 Å². The van der Waals surface area contributed by atoms with Crippen LogP contribution < -0.4 is 5.32 Å². The second-order valence-electron chi connectivity index (χ2n) is 5.12. The lowest BCUT2D eigenvalue weighted by Crippen LogP contribution is -2.43. The third kappa shape index (κ3) is 5.39. The predicted octanol–water partition coefficient (Wildman–Crippen LogP) is 0.377. The number of morpholine rings is 1. The summed E-state index contributed by atoms with van der Waals surface area (Å²) in [7, 11) is 0. The fraction of sp³-hybridized carbons (Fsp3) is 0.571. The van der Waals surface area contributed by atoms with Crippen molar-refractivity contribution in [2.45, 2.75) is 12.6 Å². The zero-order valence-electron chi connectivity index (χ0n) is 11.9. The van der Waals surface area contributed by atoms with Crippen molar-refractivity contribution in [2.75, 3.05) is 39.4 Å². The highest BCUT2D eigenvalue weighted by molar-refractivity contribution is 5.32. The average Bonchev–Trinajstić information content (AvgIpc) is 2.49. The summed E-state index contributed by atoms with van der Waals surface area (Å²) < 4.78 is 5.26. The standard InChI is InChI=1S/C14H21N3O4/c18-14(11-16-5-7-21-8-6-16)10-15-9-12-1-3-13(4-2-12)17(19)20/h1-4,14-15,18H,5-11H2. The Bertz CT molecular complexity index is 446. The molecule has 116 valence electrons. The van der Waals surface area contributed by atoms with Gasteiger partial charge < -0.3 is 15.2 Å². The lowest BCUT2D eigenvalue weighted by molar-refractivity contribution is -0.384. The number of β-amino-alcohol motifs (C(OH)–C–C–N with tert-alkyl or cyclic N) is 1. The van der Waals surface area contributed by atoms with Gasteiger partial charge in [-0.3, -0.25) is 15.0 Å². The van der Waals surface area contributed by atoms with Crippen molar-refractivity contribution < 1.29 is 14.8 Å². The number of aliphatic hydroxyl groups is 1. The number of non-ortho nitro benzene ring substituents is 1. The summed E-state index contributed by atoms with van der Waals surface area (Å²) in [4.78, 5) is 12.3. The number of rotatable bonds is 7. The Balaban J connectivity index is 1.67. The molecule has 0 aromatic heterocycles. The molecule has 21 heavy (non-hydrogen) atoms. The molecule has 1 aromatic carbocycles. The molecular weight excluding hydrogens is 274 g/mol. The summed E-state index contributed by atoms with van der Waals surface area (Å²) >= 11 is 0. The first-order valence-corrected chi connectivity index (χ1v) is 7.07. The molecule has 1 unspecified atom stereocenters. The highest BCUT2D eigenvalue weighted by Gasteiger charge is 2.14. The topological polar surface area (TPSA) is 87.9 Å². The minimum Gasteiger partial charge on any atom is -0.390 e. The Morgan fingerprint density at radius 3 is 2.62 bits per heavy atom. The van der Waals surface area contributed by atoms with Crippen molar-refractivity contribution in [3.8, 4) is 0 Å². The number of hydrogen-bond donors (Lipinski definition) is 2. The quantitative estimate of drug-likeness (QED) is 0.558. The monoisotopic (exact) mass is 295 g/mol. The van der Waals surface area contributed by atoms with Gasteiger partial charge in [0.1, 0.15) is 0 Å². The summed E-state index contributed by atoms with van der Waals surface area (Å²) in [5.74, 6) is 0. The molecule has 0 amide bonds. The maximum Gasteiger partial charge on any atom is 0.269 e. The Labute approximate surface area is 123 Å². The molecule has 1 aromatic rings. The first-order valence-electron chi connectivity index (χ1n) is 7.07. The van der Waals surface area contributed by atoms with Crippen molar-refractivity contribution in [1.29, 1.82) is 0 Å². The predicted molar refractivity (Wildman–Crippen MR) is 78.1 cm³/mol. The minimum atomic E-state index is -0.429. The van der Waals surface area contributed by atoms with E-state index in [1.807, 2.05) is 0 Å². The highest BCUT2D eigenvalue weighted by Crippen LogP contribution is 2.11. The van der Waals surface area contributed by atoms with Crippen LogP contribution in [0.25, 0.3) is 0 Å². The zero-order chi connectivity index (χ0) is 15.1. The molecule has 7 heteroatoms. The van der Waals surface area contributed by atoms with Crippen LogP contribution in [0.1, 0.15) is 5.56 Å². The van der Waals surface area contributed by atoms with Crippen molar-refractivity contribution in [2.24, 2.45) is 0 Å². The maximum atomic E-state index is 10.5. The van der Waals surface area contributed by atoms with Gasteiger partial charge >= 0.3 is 0 Å².